The van der Waals surface area contributed by atoms with Gasteiger partial charge in [0.2, 0.25) is 0 Å². The molecule has 2 heteroatoms. The lowest BCUT2D eigenvalue weighted by molar-refractivity contribution is 0.767. The van der Waals surface area contributed by atoms with E-state index in [1.807, 2.05) is 0 Å². The summed E-state index contributed by atoms with van der Waals surface area (Å²) in [5.74, 6) is 0. The Morgan fingerprint density at radius 1 is 0.317 bits per heavy atom. The molecule has 1 aromatic heterocycles. The Bertz CT molecular complexity index is 3380. The molecule has 1 aliphatic carbocycles. The first-order valence-corrected chi connectivity index (χ1v) is 21.8. The molecule has 0 atom stereocenters. The van der Waals surface area contributed by atoms with Crippen LogP contribution >= 0.6 is 0 Å². The van der Waals surface area contributed by atoms with Crippen LogP contribution in [0.25, 0.3) is 60.9 Å². The van der Waals surface area contributed by atoms with Crippen LogP contribution in [-0.4, -0.2) is 4.57 Å². The molecule has 11 aromatic rings. The van der Waals surface area contributed by atoms with Gasteiger partial charge in [-0.15, -0.1) is 0 Å². The molecule has 0 unspecified atom stereocenters. The van der Waals surface area contributed by atoms with E-state index in [0.717, 1.165) is 33.9 Å². The highest BCUT2D eigenvalue weighted by molar-refractivity contribution is 6.10. The molecule has 0 N–H and O–H groups in total. The second kappa shape index (κ2) is 15.1. The van der Waals surface area contributed by atoms with Gasteiger partial charge < -0.3 is 9.47 Å². The zero-order valence-electron chi connectivity index (χ0n) is 34.6. The fourth-order valence-electron chi connectivity index (χ4n) is 10.3. The van der Waals surface area contributed by atoms with Gasteiger partial charge >= 0.3 is 0 Å². The third-order valence-corrected chi connectivity index (χ3v) is 13.1. The van der Waals surface area contributed by atoms with Crippen LogP contribution in [-0.2, 0) is 5.41 Å². The SMILES string of the molecule is c1ccc(-c2ccc(N(c3ccccc3)c3ccccc3-c3ccc4c5ccccc5n(-c5ccc6c(c5)C(c5ccccc5)(c5ccccc5)c5ccccc5-6)c4c3)cc2)cc1. The van der Waals surface area contributed by atoms with Gasteiger partial charge in [0.25, 0.3) is 0 Å². The number of rotatable bonds is 8. The lowest BCUT2D eigenvalue weighted by Gasteiger charge is -2.34. The van der Waals surface area contributed by atoms with Crippen molar-refractivity contribution in [3.05, 3.63) is 277 Å². The van der Waals surface area contributed by atoms with E-state index in [0.29, 0.717) is 0 Å². The van der Waals surface area contributed by atoms with Crippen molar-refractivity contribution >= 4 is 38.9 Å². The first-order chi connectivity index (χ1) is 31.3. The van der Waals surface area contributed by atoms with Gasteiger partial charge in [-0.2, -0.15) is 0 Å². The van der Waals surface area contributed by atoms with Crippen molar-refractivity contribution in [3.8, 4) is 39.1 Å². The van der Waals surface area contributed by atoms with Crippen LogP contribution in [0.15, 0.2) is 255 Å². The first-order valence-electron chi connectivity index (χ1n) is 21.8. The van der Waals surface area contributed by atoms with Crippen molar-refractivity contribution in [3.63, 3.8) is 0 Å². The van der Waals surface area contributed by atoms with E-state index in [4.69, 9.17) is 0 Å². The predicted molar refractivity (Wildman–Crippen MR) is 264 cm³/mol. The molecule has 0 saturated carbocycles. The smallest absolute Gasteiger partial charge is 0.0714 e. The van der Waals surface area contributed by atoms with Crippen molar-refractivity contribution in [2.24, 2.45) is 0 Å². The summed E-state index contributed by atoms with van der Waals surface area (Å²) in [4.78, 5) is 2.38. The van der Waals surface area contributed by atoms with Crippen LogP contribution in [0.3, 0.4) is 0 Å². The molecular weight excluding hydrogens is 761 g/mol. The van der Waals surface area contributed by atoms with Gasteiger partial charge in [0.1, 0.15) is 0 Å². The number of fused-ring (bicyclic) bond motifs is 6. The topological polar surface area (TPSA) is 8.17 Å². The number of anilines is 3. The highest BCUT2D eigenvalue weighted by atomic mass is 15.1. The minimum Gasteiger partial charge on any atom is -0.310 e. The van der Waals surface area contributed by atoms with Crippen LogP contribution < -0.4 is 4.90 Å². The Balaban J connectivity index is 1.06. The predicted octanol–water partition coefficient (Wildman–Crippen LogP) is 16.0. The molecule has 0 amide bonds. The molecule has 0 saturated heterocycles. The van der Waals surface area contributed by atoms with Crippen molar-refractivity contribution in [2.45, 2.75) is 5.41 Å². The highest BCUT2D eigenvalue weighted by Gasteiger charge is 2.46. The standard InChI is InChI=1S/C61H42N2/c1-5-19-43(20-6-1)44-33-36-49(37-34-44)62(48-25-11-4-12-26-48)58-31-17-14-27-51(58)45-35-39-55-54-29-15-18-32-59(54)63(60(55)41-45)50-38-40-53-52-28-13-16-30-56(52)61(57(53)42-50,46-21-7-2-8-22-46)47-23-9-3-10-24-47/h1-42H. The maximum absolute atomic E-state index is 2.48. The van der Waals surface area contributed by atoms with E-state index in [9.17, 15) is 0 Å². The number of benzene rings is 10. The van der Waals surface area contributed by atoms with E-state index in [1.54, 1.807) is 0 Å². The molecule has 0 radical (unpaired) electrons. The van der Waals surface area contributed by atoms with E-state index < -0.39 is 5.41 Å². The Labute approximate surface area is 368 Å². The molecule has 10 aromatic carbocycles. The summed E-state index contributed by atoms with van der Waals surface area (Å²) in [6, 6.07) is 93.2. The highest BCUT2D eigenvalue weighted by Crippen LogP contribution is 2.56. The van der Waals surface area contributed by atoms with E-state index in [2.05, 4.69) is 264 Å². The molecule has 63 heavy (non-hydrogen) atoms. The molecule has 0 fully saturated rings. The Kier molecular flexibility index (Phi) is 8.76. The summed E-state index contributed by atoms with van der Waals surface area (Å²) in [6.45, 7) is 0. The number of hydrogen-bond acceptors (Lipinski definition) is 1. The molecule has 0 bridgehead atoms. The van der Waals surface area contributed by atoms with E-state index >= 15 is 0 Å². The number of para-hydroxylation sites is 3. The van der Waals surface area contributed by atoms with Gasteiger partial charge in [0.15, 0.2) is 0 Å². The quantitative estimate of drug-likeness (QED) is 0.149. The summed E-state index contributed by atoms with van der Waals surface area (Å²) in [6.07, 6.45) is 0. The minimum atomic E-state index is -0.493. The van der Waals surface area contributed by atoms with Crippen molar-refractivity contribution < 1.29 is 0 Å². The minimum absolute atomic E-state index is 0.493. The fourth-order valence-corrected chi connectivity index (χ4v) is 10.3. The van der Waals surface area contributed by atoms with Crippen LogP contribution in [0.1, 0.15) is 22.3 Å². The lowest BCUT2D eigenvalue weighted by atomic mass is 9.67. The largest absolute Gasteiger partial charge is 0.310 e. The second-order valence-electron chi connectivity index (χ2n) is 16.4. The zero-order valence-corrected chi connectivity index (χ0v) is 34.6. The van der Waals surface area contributed by atoms with E-state index in [1.165, 1.54) is 66.3 Å². The Morgan fingerprint density at radius 2 is 0.841 bits per heavy atom. The van der Waals surface area contributed by atoms with Gasteiger partial charge in [-0.3, -0.25) is 0 Å². The monoisotopic (exact) mass is 802 g/mol. The summed E-state index contributed by atoms with van der Waals surface area (Å²) >= 11 is 0. The van der Waals surface area contributed by atoms with Gasteiger partial charge in [0.05, 0.1) is 22.1 Å². The van der Waals surface area contributed by atoms with Crippen molar-refractivity contribution in [2.75, 3.05) is 4.90 Å². The maximum atomic E-state index is 2.48. The average Bonchev–Trinajstić information content (AvgIpc) is 3.85. The third-order valence-electron chi connectivity index (χ3n) is 13.1. The molecular formula is C61H42N2. The van der Waals surface area contributed by atoms with Crippen LogP contribution in [0.2, 0.25) is 0 Å². The third kappa shape index (κ3) is 5.87. The Morgan fingerprint density at radius 3 is 1.57 bits per heavy atom. The first kappa shape index (κ1) is 36.6. The number of hydrogen-bond donors (Lipinski definition) is 0. The summed E-state index contributed by atoms with van der Waals surface area (Å²) < 4.78 is 2.48. The molecule has 1 aliphatic rings. The summed E-state index contributed by atoms with van der Waals surface area (Å²) in [7, 11) is 0. The van der Waals surface area contributed by atoms with Gasteiger partial charge in [0, 0.05) is 33.4 Å². The van der Waals surface area contributed by atoms with Crippen molar-refractivity contribution in [1.29, 1.82) is 0 Å². The van der Waals surface area contributed by atoms with Crippen LogP contribution in [0, 0.1) is 0 Å². The summed E-state index contributed by atoms with van der Waals surface area (Å²) in [5, 5.41) is 2.46. The number of aromatic nitrogens is 1. The van der Waals surface area contributed by atoms with Gasteiger partial charge in [-0.05, 0) is 105 Å². The molecule has 0 spiro atoms. The van der Waals surface area contributed by atoms with Crippen molar-refractivity contribution in [1.82, 2.24) is 4.57 Å². The summed E-state index contributed by atoms with van der Waals surface area (Å²) in [5.41, 5.74) is 18.7. The molecule has 12 rings (SSSR count). The van der Waals surface area contributed by atoms with Gasteiger partial charge in [-0.25, -0.2) is 0 Å². The molecule has 296 valence electrons. The number of nitrogens with zero attached hydrogens (tertiary/aromatic N) is 2. The molecule has 2 nitrogen and oxygen atoms in total. The average molecular weight is 803 g/mol. The molecule has 1 heterocycles. The van der Waals surface area contributed by atoms with Crippen LogP contribution in [0.5, 0.6) is 0 Å². The van der Waals surface area contributed by atoms with Gasteiger partial charge in [-0.1, -0.05) is 200 Å². The molecule has 0 aliphatic heterocycles. The second-order valence-corrected chi connectivity index (χ2v) is 16.4. The maximum Gasteiger partial charge on any atom is 0.0714 e. The fraction of sp³-hybridized carbons (Fsp3) is 0.0164. The zero-order chi connectivity index (χ0) is 41.7. The van der Waals surface area contributed by atoms with Crippen LogP contribution in [0.4, 0.5) is 17.1 Å². The Hall–Kier alpha value is -8.20. The normalized spacial score (nSPS) is 12.6. The lowest BCUT2D eigenvalue weighted by Crippen LogP contribution is -2.28. The van der Waals surface area contributed by atoms with E-state index in [-0.39, 0.29) is 0 Å².